The maximum absolute atomic E-state index is 2.49. The van der Waals surface area contributed by atoms with E-state index in [4.69, 9.17) is 0 Å². The highest BCUT2D eigenvalue weighted by molar-refractivity contribution is 5.96. The van der Waals surface area contributed by atoms with Crippen LogP contribution in [0.1, 0.15) is 144 Å². The normalized spacial score (nSPS) is 14.8. The van der Waals surface area contributed by atoms with Gasteiger partial charge in [0.25, 0.3) is 0 Å². The van der Waals surface area contributed by atoms with Crippen LogP contribution in [0, 0.1) is 0 Å². The van der Waals surface area contributed by atoms with Crippen LogP contribution in [0.2, 0.25) is 0 Å². The van der Waals surface area contributed by atoms with Crippen LogP contribution in [0.3, 0.4) is 0 Å². The minimum atomic E-state index is -0.524. The Morgan fingerprint density at radius 1 is 0.125 bits per heavy atom. The number of fused-ring (bicyclic) bond motifs is 18. The Morgan fingerprint density at radius 3 is 0.618 bits per heavy atom. The van der Waals surface area contributed by atoms with E-state index < -0.39 is 10.8 Å². The molecule has 0 atom stereocenters. The van der Waals surface area contributed by atoms with E-state index in [0.29, 0.717) is 0 Å². The van der Waals surface area contributed by atoms with E-state index in [1.165, 1.54) is 200 Å². The van der Waals surface area contributed by atoms with E-state index in [2.05, 4.69) is 538 Å². The molecule has 0 saturated heterocycles. The molecule has 0 radical (unpaired) electrons. The van der Waals surface area contributed by atoms with Crippen molar-refractivity contribution in [1.82, 2.24) is 0 Å². The van der Waals surface area contributed by atoms with Gasteiger partial charge < -0.3 is 9.80 Å². The highest BCUT2D eigenvalue weighted by Gasteiger charge is 2.49. The van der Waals surface area contributed by atoms with Gasteiger partial charge in [0, 0.05) is 55.8 Å². The second kappa shape index (κ2) is 31.3. The van der Waals surface area contributed by atoms with Crippen LogP contribution in [0.15, 0.2) is 473 Å². The van der Waals surface area contributed by atoms with Gasteiger partial charge >= 0.3 is 0 Å². The zero-order valence-electron chi connectivity index (χ0n) is 77.9. The summed E-state index contributed by atoms with van der Waals surface area (Å²) in [6, 6.07) is 177. The Labute approximate surface area is 799 Å². The van der Waals surface area contributed by atoms with Crippen molar-refractivity contribution in [3.8, 4) is 111 Å². The second-order valence-corrected chi connectivity index (χ2v) is 40.1. The molecule has 648 valence electrons. The molecule has 2 heteroatoms. The fraction of sp³-hybridized carbons (Fsp3) is 0.104. The zero-order chi connectivity index (χ0) is 91.6. The molecule has 136 heavy (non-hydrogen) atoms. The molecule has 0 unspecified atom stereocenters. The summed E-state index contributed by atoms with van der Waals surface area (Å²) in [5.41, 5.74) is 52.2. The van der Waals surface area contributed by atoms with Crippen molar-refractivity contribution in [1.29, 1.82) is 0 Å². The first-order valence-corrected chi connectivity index (χ1v) is 48.2. The van der Waals surface area contributed by atoms with Crippen LogP contribution < -0.4 is 9.80 Å². The third-order valence-corrected chi connectivity index (χ3v) is 31.5. The van der Waals surface area contributed by atoms with Crippen molar-refractivity contribution in [3.05, 3.63) is 562 Å². The molecule has 0 heterocycles. The van der Waals surface area contributed by atoms with Crippen LogP contribution in [-0.2, 0) is 32.5 Å². The third-order valence-electron chi connectivity index (χ3n) is 31.5. The average Bonchev–Trinajstić information content (AvgIpc) is 1.53. The number of hydrogen-bond acceptors (Lipinski definition) is 2. The number of anilines is 6. The van der Waals surface area contributed by atoms with E-state index in [0.717, 1.165) is 34.1 Å². The Kier molecular flexibility index (Phi) is 18.9. The van der Waals surface area contributed by atoms with Crippen LogP contribution in [0.25, 0.3) is 111 Å². The fourth-order valence-electron chi connectivity index (χ4n) is 24.8. The summed E-state index contributed by atoms with van der Waals surface area (Å²) in [5.74, 6) is 0. The second-order valence-electron chi connectivity index (χ2n) is 40.1. The highest BCUT2D eigenvalue weighted by atomic mass is 15.1. The number of rotatable bonds is 14. The van der Waals surface area contributed by atoms with Gasteiger partial charge in [-0.05, 0) is 297 Å². The molecule has 6 aliphatic carbocycles. The van der Waals surface area contributed by atoms with E-state index in [1.54, 1.807) is 0 Å². The molecule has 6 aliphatic rings. The molecule has 0 saturated carbocycles. The standard InChI is InChI=1S/2C67H51N/c1-65(2)59-30-14-11-27-53(59)56-36-33-46(41-62(56)65)44-19-17-25-50(39-44)68(51-26-18-20-45(40-51)47-34-37-57-54-28-12-15-31-60(54)66(3,4)63(57)42-47)52-35-38-58-55-29-13-16-32-61(55)67(64(58)43-52,48-21-7-5-8-22-48)49-23-9-6-10-24-49;1-65(2)59-24-14-11-21-53(59)56-38-31-46(41-62(56)65)44-27-33-50(34-28-44)68(51-35-29-45(30-36-51)47-32-39-57-54-22-12-15-25-60(54)66(3,4)63(57)42-47)52-37-40-58-55-23-13-16-26-61(55)67(64(58)43-52,48-17-7-5-8-18-48)49-19-9-6-10-20-49/h2*5-43H,1-4H3. The lowest BCUT2D eigenvalue weighted by atomic mass is 9.67. The van der Waals surface area contributed by atoms with Crippen molar-refractivity contribution >= 4 is 34.1 Å². The third kappa shape index (κ3) is 12.5. The molecule has 0 spiro atoms. The number of hydrogen-bond donors (Lipinski definition) is 0. The van der Waals surface area contributed by atoms with E-state index in [-0.39, 0.29) is 21.7 Å². The predicted octanol–water partition coefficient (Wildman–Crippen LogP) is 34.9. The van der Waals surface area contributed by atoms with Gasteiger partial charge in [0.2, 0.25) is 0 Å². The molecule has 0 aromatic heterocycles. The van der Waals surface area contributed by atoms with Crippen molar-refractivity contribution < 1.29 is 0 Å². The Morgan fingerprint density at radius 2 is 0.324 bits per heavy atom. The Hall–Kier alpha value is -16.0. The van der Waals surface area contributed by atoms with Gasteiger partial charge in [-0.15, -0.1) is 0 Å². The van der Waals surface area contributed by atoms with Gasteiger partial charge in [0.15, 0.2) is 0 Å². The summed E-state index contributed by atoms with van der Waals surface area (Å²) in [7, 11) is 0. The summed E-state index contributed by atoms with van der Waals surface area (Å²) in [5, 5.41) is 0. The minimum Gasteiger partial charge on any atom is -0.310 e. The Bertz CT molecular complexity index is 7810. The first-order chi connectivity index (χ1) is 66.4. The lowest BCUT2D eigenvalue weighted by Gasteiger charge is -2.35. The molecule has 0 N–H and O–H groups in total. The number of nitrogens with zero attached hydrogens (tertiary/aromatic N) is 2. The highest BCUT2D eigenvalue weighted by Crippen LogP contribution is 2.62. The van der Waals surface area contributed by atoms with E-state index in [1.807, 2.05) is 0 Å². The van der Waals surface area contributed by atoms with Crippen LogP contribution in [0.5, 0.6) is 0 Å². The van der Waals surface area contributed by atoms with Crippen LogP contribution >= 0.6 is 0 Å². The van der Waals surface area contributed by atoms with Gasteiger partial charge in [-0.1, -0.05) is 432 Å². The van der Waals surface area contributed by atoms with Crippen LogP contribution in [0.4, 0.5) is 34.1 Å². The van der Waals surface area contributed by atoms with Crippen molar-refractivity contribution in [2.24, 2.45) is 0 Å². The van der Waals surface area contributed by atoms with Crippen molar-refractivity contribution in [2.45, 2.75) is 87.9 Å². The molecule has 0 bridgehead atoms. The first kappa shape index (κ1) is 82.0. The summed E-state index contributed by atoms with van der Waals surface area (Å²) in [4.78, 5) is 4.93. The van der Waals surface area contributed by atoms with Crippen LogP contribution in [-0.4, -0.2) is 0 Å². The molecule has 2 nitrogen and oxygen atoms in total. The summed E-state index contributed by atoms with van der Waals surface area (Å²) < 4.78 is 0. The fourth-order valence-corrected chi connectivity index (χ4v) is 24.8. The Balaban J connectivity index is 0.000000145. The average molecular weight is 1740 g/mol. The van der Waals surface area contributed by atoms with Gasteiger partial charge in [-0.3, -0.25) is 0 Å². The molecule has 20 aromatic carbocycles. The van der Waals surface area contributed by atoms with E-state index in [9.17, 15) is 0 Å². The molecular weight excluding hydrogens is 1640 g/mol. The van der Waals surface area contributed by atoms with Crippen molar-refractivity contribution in [2.75, 3.05) is 9.80 Å². The quantitative estimate of drug-likeness (QED) is 0.107. The molecule has 0 amide bonds. The molecular formula is C134H102N2. The minimum absolute atomic E-state index is 0.0617. The molecule has 0 aliphatic heterocycles. The summed E-state index contributed by atoms with van der Waals surface area (Å²) >= 11 is 0. The van der Waals surface area contributed by atoms with Gasteiger partial charge in [0.05, 0.1) is 10.8 Å². The van der Waals surface area contributed by atoms with E-state index >= 15 is 0 Å². The predicted molar refractivity (Wildman–Crippen MR) is 569 cm³/mol. The summed E-state index contributed by atoms with van der Waals surface area (Å²) in [6.45, 7) is 18.9. The topological polar surface area (TPSA) is 6.48 Å². The van der Waals surface area contributed by atoms with Gasteiger partial charge in [0.1, 0.15) is 0 Å². The smallest absolute Gasteiger partial charge is 0.0714 e. The SMILES string of the molecule is CC1(C)c2ccccc2-c2ccc(-c3ccc(N(c4ccc(-c5ccc6c(c5)C(C)(C)c5ccccc5-6)cc4)c4ccc5c(c4)C(c4ccccc4)(c4ccccc4)c4ccccc4-5)cc3)cc21.CC1(C)c2ccccc2-c2ccc(-c3cccc(N(c4cccc(-c5ccc6c(c5)C(C)(C)c5ccccc5-6)c4)c4ccc5c(c4)C(c4ccccc4)(c4ccccc4)c4ccccc4-5)c3)cc21. The molecule has 0 fully saturated rings. The lowest BCUT2D eigenvalue weighted by molar-refractivity contribution is 0.660. The maximum Gasteiger partial charge on any atom is 0.0714 e. The first-order valence-electron chi connectivity index (χ1n) is 48.2. The summed E-state index contributed by atoms with van der Waals surface area (Å²) in [6.07, 6.45) is 0. The zero-order valence-corrected chi connectivity index (χ0v) is 77.9. The van der Waals surface area contributed by atoms with Gasteiger partial charge in [-0.2, -0.15) is 0 Å². The maximum atomic E-state index is 2.49. The lowest BCUT2D eigenvalue weighted by Crippen LogP contribution is -2.28. The molecule has 26 rings (SSSR count). The number of benzene rings is 20. The molecule has 20 aromatic rings. The largest absolute Gasteiger partial charge is 0.310 e. The van der Waals surface area contributed by atoms with Crippen molar-refractivity contribution in [3.63, 3.8) is 0 Å². The van der Waals surface area contributed by atoms with Gasteiger partial charge in [-0.25, -0.2) is 0 Å². The monoisotopic (exact) mass is 1740 g/mol.